The maximum Gasteiger partial charge on any atom is 0.305 e. The first-order valence-corrected chi connectivity index (χ1v) is 5.54. The quantitative estimate of drug-likeness (QED) is 0.804. The first kappa shape index (κ1) is 11.4. The minimum atomic E-state index is -0.814. The Hall–Kier alpha value is -2.09. The van der Waals surface area contributed by atoms with E-state index < -0.39 is 5.97 Å². The van der Waals surface area contributed by atoms with Crippen LogP contribution in [0.2, 0.25) is 0 Å². The van der Waals surface area contributed by atoms with Gasteiger partial charge in [-0.15, -0.1) is 0 Å². The zero-order chi connectivity index (χ0) is 12.3. The van der Waals surface area contributed by atoms with E-state index in [0.717, 1.165) is 12.8 Å². The molecule has 0 saturated heterocycles. The van der Waals surface area contributed by atoms with E-state index in [1.165, 1.54) is 0 Å². The van der Waals surface area contributed by atoms with Gasteiger partial charge in [0.1, 0.15) is 17.6 Å². The number of carbonyl (C=O) groups is 1. The predicted molar refractivity (Wildman–Crippen MR) is 61.3 cm³/mol. The van der Waals surface area contributed by atoms with Gasteiger partial charge in [-0.1, -0.05) is 6.07 Å². The van der Waals surface area contributed by atoms with Gasteiger partial charge in [0, 0.05) is 6.04 Å². The van der Waals surface area contributed by atoms with Crippen molar-refractivity contribution >= 4 is 11.8 Å². The Kier molecular flexibility index (Phi) is 3.24. The molecule has 1 fully saturated rings. The van der Waals surface area contributed by atoms with Gasteiger partial charge in [0.2, 0.25) is 0 Å². The molecule has 17 heavy (non-hydrogen) atoms. The molecule has 0 radical (unpaired) electrons. The van der Waals surface area contributed by atoms with Crippen LogP contribution in [0.1, 0.15) is 25.0 Å². The lowest BCUT2D eigenvalue weighted by atomic mass is 10.1. The van der Waals surface area contributed by atoms with E-state index in [1.54, 1.807) is 18.2 Å². The summed E-state index contributed by atoms with van der Waals surface area (Å²) >= 11 is 0. The normalized spacial score (nSPS) is 15.9. The molecule has 1 aliphatic rings. The van der Waals surface area contributed by atoms with Crippen molar-refractivity contribution in [2.75, 3.05) is 5.32 Å². The Bertz CT molecular complexity index is 463. The molecular formula is C12H13N3O2. The molecule has 2 rings (SSSR count). The SMILES string of the molecule is N#Cc1cccc(NC(CC(=O)O)C2CC2)n1. The highest BCUT2D eigenvalue weighted by Gasteiger charge is 2.32. The number of hydrogen-bond donors (Lipinski definition) is 2. The smallest absolute Gasteiger partial charge is 0.305 e. The van der Waals surface area contributed by atoms with Crippen LogP contribution in [0.3, 0.4) is 0 Å². The van der Waals surface area contributed by atoms with E-state index in [9.17, 15) is 4.79 Å². The highest BCUT2D eigenvalue weighted by atomic mass is 16.4. The van der Waals surface area contributed by atoms with Crippen LogP contribution in [0.5, 0.6) is 0 Å². The zero-order valence-corrected chi connectivity index (χ0v) is 9.26. The monoisotopic (exact) mass is 231 g/mol. The van der Waals surface area contributed by atoms with Gasteiger partial charge in [0.15, 0.2) is 0 Å². The molecule has 0 aliphatic heterocycles. The lowest BCUT2D eigenvalue weighted by molar-refractivity contribution is -0.137. The van der Waals surface area contributed by atoms with E-state index in [1.807, 2.05) is 6.07 Å². The van der Waals surface area contributed by atoms with Gasteiger partial charge in [-0.05, 0) is 30.9 Å². The van der Waals surface area contributed by atoms with Gasteiger partial charge in [-0.2, -0.15) is 5.26 Å². The lowest BCUT2D eigenvalue weighted by Gasteiger charge is -2.16. The summed E-state index contributed by atoms with van der Waals surface area (Å²) in [5.74, 6) is 0.173. The number of nitriles is 1. The van der Waals surface area contributed by atoms with E-state index in [-0.39, 0.29) is 12.5 Å². The molecule has 5 nitrogen and oxygen atoms in total. The summed E-state index contributed by atoms with van der Waals surface area (Å²) in [6, 6.07) is 6.97. The molecule has 1 aromatic heterocycles. The summed E-state index contributed by atoms with van der Waals surface area (Å²) in [4.78, 5) is 14.8. The van der Waals surface area contributed by atoms with Gasteiger partial charge in [-0.25, -0.2) is 4.98 Å². The minimum Gasteiger partial charge on any atom is -0.481 e. The van der Waals surface area contributed by atoms with Crippen molar-refractivity contribution in [3.05, 3.63) is 23.9 Å². The molecule has 1 aliphatic carbocycles. The second kappa shape index (κ2) is 4.83. The molecule has 0 aromatic carbocycles. The number of aliphatic carboxylic acids is 1. The van der Waals surface area contributed by atoms with Crippen molar-refractivity contribution in [2.45, 2.75) is 25.3 Å². The van der Waals surface area contributed by atoms with E-state index in [4.69, 9.17) is 10.4 Å². The molecule has 1 atom stereocenters. The summed E-state index contributed by atoms with van der Waals surface area (Å²) in [7, 11) is 0. The van der Waals surface area contributed by atoms with Gasteiger partial charge in [0.25, 0.3) is 0 Å². The van der Waals surface area contributed by atoms with E-state index in [2.05, 4.69) is 10.3 Å². The standard InChI is InChI=1S/C12H13N3O2/c13-7-9-2-1-3-11(14-9)15-10(6-12(16)17)8-4-5-8/h1-3,8,10H,4-6H2,(H,14,15)(H,16,17). The van der Waals surface area contributed by atoms with Gasteiger partial charge < -0.3 is 10.4 Å². The Morgan fingerprint density at radius 2 is 2.41 bits per heavy atom. The largest absolute Gasteiger partial charge is 0.481 e. The fraction of sp³-hybridized carbons (Fsp3) is 0.417. The Labute approximate surface area is 99.1 Å². The van der Waals surface area contributed by atoms with Crippen molar-refractivity contribution in [3.63, 3.8) is 0 Å². The van der Waals surface area contributed by atoms with Gasteiger partial charge in [-0.3, -0.25) is 4.79 Å². The number of pyridine rings is 1. The average molecular weight is 231 g/mol. The number of anilines is 1. The van der Waals surface area contributed by atoms with Crippen LogP contribution < -0.4 is 5.32 Å². The third-order valence-corrected chi connectivity index (χ3v) is 2.78. The summed E-state index contributed by atoms with van der Waals surface area (Å²) in [6.07, 6.45) is 2.20. The number of carboxylic acids is 1. The number of aromatic nitrogens is 1. The molecule has 0 amide bonds. The highest BCUT2D eigenvalue weighted by Crippen LogP contribution is 2.35. The van der Waals surface area contributed by atoms with Crippen LogP contribution in [0.4, 0.5) is 5.82 Å². The molecule has 1 heterocycles. The van der Waals surface area contributed by atoms with Crippen molar-refractivity contribution in [1.82, 2.24) is 4.98 Å². The predicted octanol–water partition coefficient (Wildman–Crippen LogP) is 1.62. The maximum atomic E-state index is 10.7. The Morgan fingerprint density at radius 3 is 3.00 bits per heavy atom. The van der Waals surface area contributed by atoms with Crippen LogP contribution in [-0.4, -0.2) is 22.1 Å². The van der Waals surface area contributed by atoms with E-state index >= 15 is 0 Å². The van der Waals surface area contributed by atoms with Crippen LogP contribution in [0.25, 0.3) is 0 Å². The third kappa shape index (κ3) is 3.18. The summed E-state index contributed by atoms with van der Waals surface area (Å²) in [6.45, 7) is 0. The van der Waals surface area contributed by atoms with Gasteiger partial charge in [0.05, 0.1) is 6.42 Å². The Balaban J connectivity index is 2.06. The molecule has 5 heteroatoms. The number of carboxylic acid groups (broad SMARTS) is 1. The molecule has 1 aromatic rings. The fourth-order valence-electron chi connectivity index (χ4n) is 1.79. The van der Waals surface area contributed by atoms with Crippen LogP contribution >= 0.6 is 0 Å². The number of rotatable bonds is 5. The van der Waals surface area contributed by atoms with Crippen LogP contribution in [0.15, 0.2) is 18.2 Å². The number of nitrogens with zero attached hydrogens (tertiary/aromatic N) is 2. The highest BCUT2D eigenvalue weighted by molar-refractivity contribution is 5.68. The second-order valence-electron chi connectivity index (χ2n) is 4.21. The van der Waals surface area contributed by atoms with Crippen molar-refractivity contribution in [3.8, 4) is 6.07 Å². The first-order chi connectivity index (χ1) is 8.19. The van der Waals surface area contributed by atoms with E-state index in [0.29, 0.717) is 17.4 Å². The van der Waals surface area contributed by atoms with Crippen molar-refractivity contribution in [2.24, 2.45) is 5.92 Å². The molecular weight excluding hydrogens is 218 g/mol. The summed E-state index contributed by atoms with van der Waals surface area (Å²) < 4.78 is 0. The fourth-order valence-corrected chi connectivity index (χ4v) is 1.79. The molecule has 88 valence electrons. The summed E-state index contributed by atoms with van der Waals surface area (Å²) in [5.41, 5.74) is 0.333. The van der Waals surface area contributed by atoms with Gasteiger partial charge >= 0.3 is 5.97 Å². The zero-order valence-electron chi connectivity index (χ0n) is 9.26. The lowest BCUT2D eigenvalue weighted by Crippen LogP contribution is -2.25. The van der Waals surface area contributed by atoms with Crippen molar-refractivity contribution < 1.29 is 9.90 Å². The molecule has 0 spiro atoms. The molecule has 2 N–H and O–H groups in total. The van der Waals surface area contributed by atoms with Crippen LogP contribution in [0, 0.1) is 17.2 Å². The minimum absolute atomic E-state index is 0.0864. The maximum absolute atomic E-state index is 10.7. The molecule has 1 unspecified atom stereocenters. The first-order valence-electron chi connectivity index (χ1n) is 5.54. The average Bonchev–Trinajstić information content (AvgIpc) is 3.12. The second-order valence-corrected chi connectivity index (χ2v) is 4.21. The van der Waals surface area contributed by atoms with Crippen molar-refractivity contribution in [1.29, 1.82) is 5.26 Å². The van der Waals surface area contributed by atoms with Crippen LogP contribution in [-0.2, 0) is 4.79 Å². The Morgan fingerprint density at radius 1 is 1.65 bits per heavy atom. The topological polar surface area (TPSA) is 86.0 Å². The number of nitrogens with one attached hydrogen (secondary N) is 1. The summed E-state index contributed by atoms with van der Waals surface area (Å²) in [5, 5.41) is 20.7. The number of hydrogen-bond acceptors (Lipinski definition) is 4. The molecule has 0 bridgehead atoms. The third-order valence-electron chi connectivity index (χ3n) is 2.78. The molecule has 1 saturated carbocycles.